The van der Waals surface area contributed by atoms with Crippen LogP contribution in [0.2, 0.25) is 0 Å². The van der Waals surface area contributed by atoms with E-state index in [0.717, 1.165) is 29.0 Å². The van der Waals surface area contributed by atoms with Gasteiger partial charge in [0.15, 0.2) is 5.96 Å². The monoisotopic (exact) mass is 286 g/mol. The Bertz CT molecular complexity index is 355. The maximum Gasteiger partial charge on any atom is 0.191 e. The average molecular weight is 286 g/mol. The first-order chi connectivity index (χ1) is 8.51. The van der Waals surface area contributed by atoms with Gasteiger partial charge < -0.3 is 10.6 Å². The largest absolute Gasteiger partial charge is 0.356 e. The molecule has 0 saturated carbocycles. The fourth-order valence-corrected chi connectivity index (χ4v) is 2.90. The molecule has 1 aromatic rings. The molecule has 0 aliphatic heterocycles. The number of nitrogens with one attached hydrogen (secondary N) is 2. The van der Waals surface area contributed by atoms with E-state index in [1.54, 1.807) is 30.1 Å². The lowest BCUT2D eigenvalue weighted by Gasteiger charge is -2.23. The molecule has 1 heterocycles. The van der Waals surface area contributed by atoms with Gasteiger partial charge in [-0.2, -0.15) is 0 Å². The number of nitrogens with zero attached hydrogens (tertiary/aromatic N) is 2. The molecule has 0 saturated heterocycles. The summed E-state index contributed by atoms with van der Waals surface area (Å²) in [7, 11) is 1.80. The van der Waals surface area contributed by atoms with Gasteiger partial charge in [-0.1, -0.05) is 11.8 Å². The number of thiazole rings is 1. The summed E-state index contributed by atoms with van der Waals surface area (Å²) in [5, 5.41) is 8.66. The summed E-state index contributed by atoms with van der Waals surface area (Å²) in [5.41, 5.74) is 0.0392. The van der Waals surface area contributed by atoms with Crippen molar-refractivity contribution < 1.29 is 0 Å². The zero-order valence-electron chi connectivity index (χ0n) is 11.5. The van der Waals surface area contributed by atoms with Crippen LogP contribution in [0.1, 0.15) is 27.2 Å². The van der Waals surface area contributed by atoms with Gasteiger partial charge in [0, 0.05) is 36.5 Å². The first-order valence-corrected chi connectivity index (χ1v) is 7.89. The molecule has 0 unspecified atom stereocenters. The number of hydrogen-bond donors (Lipinski definition) is 2. The van der Waals surface area contributed by atoms with Crippen molar-refractivity contribution in [3.8, 4) is 0 Å². The third kappa shape index (κ3) is 6.86. The van der Waals surface area contributed by atoms with Crippen molar-refractivity contribution in [1.82, 2.24) is 15.6 Å². The molecule has 102 valence electrons. The zero-order valence-corrected chi connectivity index (χ0v) is 13.1. The number of thioether (sulfide) groups is 1. The molecule has 18 heavy (non-hydrogen) atoms. The lowest BCUT2D eigenvalue weighted by atomic mass is 10.1. The highest BCUT2D eigenvalue weighted by Gasteiger charge is 2.11. The predicted octanol–water partition coefficient (Wildman–Crippen LogP) is 2.59. The first kappa shape index (κ1) is 15.3. The molecule has 6 heteroatoms. The summed E-state index contributed by atoms with van der Waals surface area (Å²) < 4.78 is 1.15. The van der Waals surface area contributed by atoms with Crippen LogP contribution in [0.25, 0.3) is 0 Å². The Labute approximate surface area is 118 Å². The second kappa shape index (κ2) is 7.63. The van der Waals surface area contributed by atoms with Crippen LogP contribution in [0.3, 0.4) is 0 Å². The molecule has 0 atom stereocenters. The summed E-state index contributed by atoms with van der Waals surface area (Å²) in [4.78, 5) is 8.44. The Kier molecular flexibility index (Phi) is 6.49. The van der Waals surface area contributed by atoms with Crippen molar-refractivity contribution in [2.75, 3.05) is 19.3 Å². The minimum Gasteiger partial charge on any atom is -0.356 e. The average Bonchev–Trinajstić information content (AvgIpc) is 2.78. The van der Waals surface area contributed by atoms with Crippen molar-refractivity contribution in [3.63, 3.8) is 0 Å². The predicted molar refractivity (Wildman–Crippen MR) is 81.7 cm³/mol. The molecule has 0 spiro atoms. The van der Waals surface area contributed by atoms with E-state index in [2.05, 4.69) is 41.4 Å². The standard InChI is InChI=1S/C12H22N4S2/c1-12(2,3)16-10(13-4)14-6-5-8-17-11-15-7-9-18-11/h7,9H,5-6,8H2,1-4H3,(H2,13,14,16). The number of rotatable bonds is 5. The molecular weight excluding hydrogens is 264 g/mol. The number of hydrogen-bond acceptors (Lipinski definition) is 4. The van der Waals surface area contributed by atoms with E-state index in [1.165, 1.54) is 0 Å². The van der Waals surface area contributed by atoms with E-state index in [1.807, 2.05) is 11.6 Å². The van der Waals surface area contributed by atoms with Gasteiger partial charge in [0.2, 0.25) is 0 Å². The molecule has 2 N–H and O–H groups in total. The van der Waals surface area contributed by atoms with Crippen LogP contribution < -0.4 is 10.6 Å². The van der Waals surface area contributed by atoms with E-state index in [9.17, 15) is 0 Å². The Morgan fingerprint density at radius 3 is 2.83 bits per heavy atom. The fourth-order valence-electron chi connectivity index (χ4n) is 1.25. The third-order valence-electron chi connectivity index (χ3n) is 1.97. The van der Waals surface area contributed by atoms with Gasteiger partial charge in [-0.25, -0.2) is 4.98 Å². The number of aliphatic imine (C=N–C) groups is 1. The second-order valence-electron chi connectivity index (χ2n) is 4.87. The lowest BCUT2D eigenvalue weighted by Crippen LogP contribution is -2.47. The summed E-state index contributed by atoms with van der Waals surface area (Å²) >= 11 is 3.50. The van der Waals surface area contributed by atoms with Gasteiger partial charge in [0.25, 0.3) is 0 Å². The molecular formula is C12H22N4S2. The second-order valence-corrected chi connectivity index (χ2v) is 7.11. The maximum atomic E-state index is 4.24. The van der Waals surface area contributed by atoms with E-state index < -0.39 is 0 Å². The van der Waals surface area contributed by atoms with E-state index in [4.69, 9.17) is 0 Å². The highest BCUT2D eigenvalue weighted by molar-refractivity contribution is 8.00. The Morgan fingerprint density at radius 2 is 2.28 bits per heavy atom. The Balaban J connectivity index is 2.13. The molecule has 0 aromatic carbocycles. The summed E-state index contributed by atoms with van der Waals surface area (Å²) in [5.74, 6) is 1.94. The molecule has 0 radical (unpaired) electrons. The maximum absolute atomic E-state index is 4.24. The zero-order chi connectivity index (χ0) is 13.4. The molecule has 0 amide bonds. The van der Waals surface area contributed by atoms with Gasteiger partial charge in [0.1, 0.15) is 4.34 Å². The quantitative estimate of drug-likeness (QED) is 0.378. The van der Waals surface area contributed by atoms with Crippen LogP contribution in [0.4, 0.5) is 0 Å². The smallest absolute Gasteiger partial charge is 0.191 e. The van der Waals surface area contributed by atoms with Crippen LogP contribution in [-0.4, -0.2) is 35.8 Å². The van der Waals surface area contributed by atoms with Crippen LogP contribution in [0.5, 0.6) is 0 Å². The molecule has 0 aliphatic rings. The van der Waals surface area contributed by atoms with Gasteiger partial charge in [-0.3, -0.25) is 4.99 Å². The molecule has 1 rings (SSSR count). The fraction of sp³-hybridized carbons (Fsp3) is 0.667. The Morgan fingerprint density at radius 1 is 1.50 bits per heavy atom. The Hall–Kier alpha value is -0.750. The minimum absolute atomic E-state index is 0.0392. The van der Waals surface area contributed by atoms with Crippen LogP contribution >= 0.6 is 23.1 Å². The van der Waals surface area contributed by atoms with Gasteiger partial charge in [-0.05, 0) is 27.2 Å². The van der Waals surface area contributed by atoms with E-state index in [0.29, 0.717) is 0 Å². The van der Waals surface area contributed by atoms with E-state index in [-0.39, 0.29) is 5.54 Å². The molecule has 1 aromatic heterocycles. The normalized spacial score (nSPS) is 12.6. The van der Waals surface area contributed by atoms with Crippen LogP contribution in [0.15, 0.2) is 20.9 Å². The van der Waals surface area contributed by atoms with Gasteiger partial charge in [-0.15, -0.1) is 11.3 Å². The molecule has 0 fully saturated rings. The third-order valence-corrected chi connectivity index (χ3v) is 4.02. The molecule has 4 nitrogen and oxygen atoms in total. The van der Waals surface area contributed by atoms with Crippen molar-refractivity contribution >= 4 is 29.1 Å². The van der Waals surface area contributed by atoms with Crippen LogP contribution in [0, 0.1) is 0 Å². The van der Waals surface area contributed by atoms with Crippen molar-refractivity contribution in [2.24, 2.45) is 4.99 Å². The van der Waals surface area contributed by atoms with E-state index >= 15 is 0 Å². The van der Waals surface area contributed by atoms with Crippen molar-refractivity contribution in [2.45, 2.75) is 37.1 Å². The highest BCUT2D eigenvalue weighted by atomic mass is 32.2. The number of guanidine groups is 1. The molecule has 0 aliphatic carbocycles. The topological polar surface area (TPSA) is 49.3 Å². The van der Waals surface area contributed by atoms with Crippen molar-refractivity contribution in [1.29, 1.82) is 0 Å². The van der Waals surface area contributed by atoms with Crippen LogP contribution in [-0.2, 0) is 0 Å². The van der Waals surface area contributed by atoms with Gasteiger partial charge in [0.05, 0.1) is 0 Å². The lowest BCUT2D eigenvalue weighted by molar-refractivity contribution is 0.501. The summed E-state index contributed by atoms with van der Waals surface area (Å²) in [6.45, 7) is 7.29. The number of aromatic nitrogens is 1. The van der Waals surface area contributed by atoms with Gasteiger partial charge >= 0.3 is 0 Å². The summed E-state index contributed by atoms with van der Waals surface area (Å²) in [6, 6.07) is 0. The highest BCUT2D eigenvalue weighted by Crippen LogP contribution is 2.20. The SMILES string of the molecule is CN=C(NCCCSc1nccs1)NC(C)(C)C. The minimum atomic E-state index is 0.0392. The van der Waals surface area contributed by atoms with Crippen molar-refractivity contribution in [3.05, 3.63) is 11.6 Å². The summed E-state index contributed by atoms with van der Waals surface area (Å²) in [6.07, 6.45) is 2.94. The molecule has 0 bridgehead atoms. The first-order valence-electron chi connectivity index (χ1n) is 6.02.